The average molecular weight is 419 g/mol. The van der Waals surface area contributed by atoms with Crippen LogP contribution in [0.25, 0.3) is 5.69 Å². The standard InChI is InChI=1S/C25H30N4O2/c1-19-15-27(17-22-6-5-7-24(14-22)28-12-3-4-13-28)16-20(2)29(19)18-21-8-10-23(11-9-21)25(30)26-31/h3-14,19-20,31H,15-18H2,1-2H3,(H,26,30)/t19-,20+. The summed E-state index contributed by atoms with van der Waals surface area (Å²) in [5.74, 6) is -0.484. The van der Waals surface area contributed by atoms with Crippen LogP contribution in [-0.4, -0.2) is 50.7 Å². The van der Waals surface area contributed by atoms with E-state index in [9.17, 15) is 4.79 Å². The molecule has 1 saturated heterocycles. The monoisotopic (exact) mass is 418 g/mol. The van der Waals surface area contributed by atoms with E-state index in [0.717, 1.165) is 26.2 Å². The van der Waals surface area contributed by atoms with Crippen molar-refractivity contribution >= 4 is 5.91 Å². The molecule has 0 unspecified atom stereocenters. The first-order valence-corrected chi connectivity index (χ1v) is 10.8. The number of hydrogen-bond donors (Lipinski definition) is 2. The Bertz CT molecular complexity index is 989. The third-order valence-electron chi connectivity index (χ3n) is 6.08. The summed E-state index contributed by atoms with van der Waals surface area (Å²) in [6, 6.07) is 21.1. The molecule has 0 spiro atoms. The van der Waals surface area contributed by atoms with E-state index in [4.69, 9.17) is 5.21 Å². The van der Waals surface area contributed by atoms with Gasteiger partial charge in [-0.3, -0.25) is 19.8 Å². The van der Waals surface area contributed by atoms with Crippen molar-refractivity contribution in [2.75, 3.05) is 13.1 Å². The summed E-state index contributed by atoms with van der Waals surface area (Å²) in [5.41, 5.74) is 5.83. The molecule has 6 heteroatoms. The highest BCUT2D eigenvalue weighted by Gasteiger charge is 2.29. The lowest BCUT2D eigenvalue weighted by atomic mass is 10.0. The maximum absolute atomic E-state index is 11.5. The van der Waals surface area contributed by atoms with Gasteiger partial charge in [0.2, 0.25) is 0 Å². The lowest BCUT2D eigenvalue weighted by Gasteiger charge is -2.44. The molecule has 2 heterocycles. The van der Waals surface area contributed by atoms with Gasteiger partial charge in [-0.25, -0.2) is 5.48 Å². The minimum absolute atomic E-state index is 0.428. The van der Waals surface area contributed by atoms with Crippen LogP contribution in [0.5, 0.6) is 0 Å². The van der Waals surface area contributed by atoms with Crippen molar-refractivity contribution in [2.45, 2.75) is 39.0 Å². The molecule has 1 aliphatic rings. The van der Waals surface area contributed by atoms with E-state index < -0.39 is 5.91 Å². The van der Waals surface area contributed by atoms with Gasteiger partial charge in [0.1, 0.15) is 0 Å². The first-order valence-electron chi connectivity index (χ1n) is 10.8. The molecule has 0 radical (unpaired) electrons. The van der Waals surface area contributed by atoms with E-state index in [1.807, 2.05) is 24.3 Å². The Morgan fingerprint density at radius 1 is 0.935 bits per heavy atom. The molecule has 31 heavy (non-hydrogen) atoms. The average Bonchev–Trinajstić information content (AvgIpc) is 3.31. The molecule has 1 fully saturated rings. The van der Waals surface area contributed by atoms with Crippen LogP contribution in [-0.2, 0) is 13.1 Å². The molecule has 1 amide bonds. The molecule has 0 bridgehead atoms. The maximum Gasteiger partial charge on any atom is 0.274 e. The molecule has 3 aromatic rings. The highest BCUT2D eigenvalue weighted by Crippen LogP contribution is 2.22. The van der Waals surface area contributed by atoms with E-state index in [0.29, 0.717) is 17.6 Å². The molecule has 2 atom stereocenters. The summed E-state index contributed by atoms with van der Waals surface area (Å²) in [4.78, 5) is 16.6. The summed E-state index contributed by atoms with van der Waals surface area (Å²) >= 11 is 0. The van der Waals surface area contributed by atoms with Crippen LogP contribution in [0, 0.1) is 0 Å². The third-order valence-corrected chi connectivity index (χ3v) is 6.08. The lowest BCUT2D eigenvalue weighted by Crippen LogP contribution is -2.55. The van der Waals surface area contributed by atoms with Crippen LogP contribution >= 0.6 is 0 Å². The first-order chi connectivity index (χ1) is 15.0. The highest BCUT2D eigenvalue weighted by atomic mass is 16.5. The van der Waals surface area contributed by atoms with Gasteiger partial charge in [-0.1, -0.05) is 24.3 Å². The molecule has 0 saturated carbocycles. The summed E-state index contributed by atoms with van der Waals surface area (Å²) < 4.78 is 2.14. The van der Waals surface area contributed by atoms with Crippen molar-refractivity contribution < 1.29 is 10.0 Å². The number of amides is 1. The molecule has 2 N–H and O–H groups in total. The topological polar surface area (TPSA) is 60.7 Å². The van der Waals surface area contributed by atoms with Crippen molar-refractivity contribution in [3.8, 4) is 5.69 Å². The minimum atomic E-state index is -0.484. The van der Waals surface area contributed by atoms with Crippen molar-refractivity contribution in [2.24, 2.45) is 0 Å². The third kappa shape index (κ3) is 5.05. The second kappa shape index (κ2) is 9.47. The zero-order valence-corrected chi connectivity index (χ0v) is 18.1. The summed E-state index contributed by atoms with van der Waals surface area (Å²) in [7, 11) is 0. The van der Waals surface area contributed by atoms with Crippen LogP contribution in [0.1, 0.15) is 35.3 Å². The molecular weight excluding hydrogens is 388 g/mol. The zero-order valence-electron chi connectivity index (χ0n) is 18.1. The van der Waals surface area contributed by atoms with E-state index in [2.05, 4.69) is 64.9 Å². The number of benzene rings is 2. The van der Waals surface area contributed by atoms with Gasteiger partial charge in [-0.2, -0.15) is 0 Å². The Labute approximate surface area is 183 Å². The molecule has 2 aromatic carbocycles. The van der Waals surface area contributed by atoms with Crippen molar-refractivity contribution in [3.63, 3.8) is 0 Å². The number of nitrogens with one attached hydrogen (secondary N) is 1. The predicted molar refractivity (Wildman–Crippen MR) is 121 cm³/mol. The van der Waals surface area contributed by atoms with Gasteiger partial charge in [0.25, 0.3) is 5.91 Å². The Morgan fingerprint density at radius 3 is 2.26 bits per heavy atom. The van der Waals surface area contributed by atoms with Crippen LogP contribution in [0.2, 0.25) is 0 Å². The number of carbonyl (C=O) groups excluding carboxylic acids is 1. The van der Waals surface area contributed by atoms with E-state index in [1.54, 1.807) is 17.6 Å². The fourth-order valence-electron chi connectivity index (χ4n) is 4.52. The molecule has 0 aliphatic carbocycles. The van der Waals surface area contributed by atoms with Gasteiger partial charge in [0.15, 0.2) is 0 Å². The zero-order chi connectivity index (χ0) is 21.8. The summed E-state index contributed by atoms with van der Waals surface area (Å²) in [6.07, 6.45) is 4.15. The van der Waals surface area contributed by atoms with E-state index in [1.165, 1.54) is 16.8 Å². The second-order valence-electron chi connectivity index (χ2n) is 8.46. The second-order valence-corrected chi connectivity index (χ2v) is 8.46. The van der Waals surface area contributed by atoms with Crippen LogP contribution in [0.4, 0.5) is 0 Å². The Hall–Kier alpha value is -2.93. The highest BCUT2D eigenvalue weighted by molar-refractivity contribution is 5.93. The number of aromatic nitrogens is 1. The number of nitrogens with zero attached hydrogens (tertiary/aromatic N) is 3. The minimum Gasteiger partial charge on any atom is -0.324 e. The van der Waals surface area contributed by atoms with Crippen molar-refractivity contribution in [1.29, 1.82) is 0 Å². The smallest absolute Gasteiger partial charge is 0.274 e. The largest absolute Gasteiger partial charge is 0.324 e. The SMILES string of the molecule is C[C@@H]1CN(Cc2cccc(-n3cccc3)c2)C[C@H](C)N1Cc1ccc(C(=O)NO)cc1. The summed E-state index contributed by atoms with van der Waals surface area (Å²) in [5, 5.41) is 8.77. The van der Waals surface area contributed by atoms with Crippen LogP contribution in [0.15, 0.2) is 73.1 Å². The Morgan fingerprint density at radius 2 is 1.61 bits per heavy atom. The van der Waals surface area contributed by atoms with Gasteiger partial charge in [-0.05, 0) is 61.4 Å². The molecule has 1 aromatic heterocycles. The number of piperazine rings is 1. The number of hydroxylamine groups is 1. The summed E-state index contributed by atoms with van der Waals surface area (Å²) in [6.45, 7) is 8.40. The molecule has 4 rings (SSSR count). The van der Waals surface area contributed by atoms with Gasteiger partial charge in [0.05, 0.1) is 0 Å². The van der Waals surface area contributed by atoms with Crippen molar-refractivity contribution in [3.05, 3.63) is 89.7 Å². The van der Waals surface area contributed by atoms with E-state index in [-0.39, 0.29) is 0 Å². The Kier molecular flexibility index (Phi) is 6.51. The maximum atomic E-state index is 11.5. The van der Waals surface area contributed by atoms with Crippen molar-refractivity contribution in [1.82, 2.24) is 19.8 Å². The number of hydrogen-bond acceptors (Lipinski definition) is 4. The fourth-order valence-corrected chi connectivity index (χ4v) is 4.52. The van der Waals surface area contributed by atoms with Gasteiger partial charge in [-0.15, -0.1) is 0 Å². The molecule has 1 aliphatic heterocycles. The van der Waals surface area contributed by atoms with Gasteiger partial charge >= 0.3 is 0 Å². The molecule has 6 nitrogen and oxygen atoms in total. The first kappa shape index (κ1) is 21.3. The quantitative estimate of drug-likeness (QED) is 0.473. The van der Waals surface area contributed by atoms with Gasteiger partial charge < -0.3 is 4.57 Å². The molecular formula is C25H30N4O2. The molecule has 162 valence electrons. The fraction of sp³-hybridized carbons (Fsp3) is 0.320. The van der Waals surface area contributed by atoms with Gasteiger partial charge in [0, 0.05) is 61.9 Å². The normalized spacial score (nSPS) is 20.0. The van der Waals surface area contributed by atoms with Crippen LogP contribution < -0.4 is 5.48 Å². The lowest BCUT2D eigenvalue weighted by molar-refractivity contribution is 0.0290. The predicted octanol–water partition coefficient (Wildman–Crippen LogP) is 3.69. The van der Waals surface area contributed by atoms with E-state index >= 15 is 0 Å². The number of rotatable bonds is 6. The Balaban J connectivity index is 1.38. The number of carbonyl (C=O) groups is 1. The van der Waals surface area contributed by atoms with Crippen LogP contribution in [0.3, 0.4) is 0 Å².